The zero-order valence-electron chi connectivity index (χ0n) is 16.5. The number of halogens is 2. The average Bonchev–Trinajstić information content (AvgIpc) is 3.36. The third-order valence-corrected chi connectivity index (χ3v) is 5.64. The topological polar surface area (TPSA) is 100 Å². The van der Waals surface area contributed by atoms with Gasteiger partial charge < -0.3 is 15.0 Å². The molecular formula is C20H23F2N5O3. The average molecular weight is 419 g/mol. The highest BCUT2D eigenvalue weighted by atomic mass is 19.2. The second kappa shape index (κ2) is 8.47. The number of benzene rings is 1. The van der Waals surface area contributed by atoms with E-state index in [9.17, 15) is 18.4 Å². The number of aromatic amines is 1. The van der Waals surface area contributed by atoms with Gasteiger partial charge in [0.2, 0.25) is 5.91 Å². The van der Waals surface area contributed by atoms with E-state index in [-0.39, 0.29) is 42.4 Å². The standard InChI is InChI=1S/C20H23F2N5O3/c1-11-23-18(26-25-11)14-9-27(20(29)13-2-3-15(21)16(22)8-13)10-17(14)24-19(28)12-4-6-30-7-5-12/h2-3,8,12,14,17H,4-7,9-10H2,1H3,(H,24,28)(H,23,25,26)/t14-,17-/m1/s1. The molecule has 8 nitrogen and oxygen atoms in total. The first kappa shape index (κ1) is 20.4. The van der Waals surface area contributed by atoms with Crippen LogP contribution in [0.1, 0.15) is 40.8 Å². The lowest BCUT2D eigenvalue weighted by atomic mass is 9.97. The molecule has 0 spiro atoms. The summed E-state index contributed by atoms with van der Waals surface area (Å²) in [5, 5.41) is 10.0. The van der Waals surface area contributed by atoms with Gasteiger partial charge in [-0.2, -0.15) is 5.10 Å². The first-order valence-electron chi connectivity index (χ1n) is 9.93. The van der Waals surface area contributed by atoms with E-state index in [2.05, 4.69) is 20.5 Å². The molecule has 2 N–H and O–H groups in total. The molecule has 2 aliphatic heterocycles. The van der Waals surface area contributed by atoms with Crippen LogP contribution >= 0.6 is 0 Å². The molecule has 4 rings (SSSR count). The number of hydrogen-bond acceptors (Lipinski definition) is 5. The number of carbonyl (C=O) groups is 2. The summed E-state index contributed by atoms with van der Waals surface area (Å²) in [5.74, 6) is -1.92. The van der Waals surface area contributed by atoms with E-state index in [0.29, 0.717) is 37.7 Å². The van der Waals surface area contributed by atoms with Gasteiger partial charge in [0.1, 0.15) is 5.82 Å². The normalized spacial score (nSPS) is 22.3. The SMILES string of the molecule is Cc1nc([C@@H]2CN(C(=O)c3ccc(F)c(F)c3)C[C@H]2NC(=O)C2CCOCC2)n[nH]1. The fraction of sp³-hybridized carbons (Fsp3) is 0.500. The van der Waals surface area contributed by atoms with E-state index in [0.717, 1.165) is 12.1 Å². The van der Waals surface area contributed by atoms with Crippen LogP contribution in [-0.2, 0) is 9.53 Å². The Morgan fingerprint density at radius 1 is 1.20 bits per heavy atom. The van der Waals surface area contributed by atoms with Crippen molar-refractivity contribution in [3.63, 3.8) is 0 Å². The van der Waals surface area contributed by atoms with E-state index >= 15 is 0 Å². The number of nitrogens with one attached hydrogen (secondary N) is 2. The molecule has 1 aromatic heterocycles. The Kier molecular flexibility index (Phi) is 5.76. The van der Waals surface area contributed by atoms with Crippen LogP contribution in [0.2, 0.25) is 0 Å². The largest absolute Gasteiger partial charge is 0.381 e. The highest BCUT2D eigenvalue weighted by Crippen LogP contribution is 2.28. The molecular weight excluding hydrogens is 396 g/mol. The molecule has 0 bridgehead atoms. The van der Waals surface area contributed by atoms with Crippen LogP contribution < -0.4 is 5.32 Å². The maximum Gasteiger partial charge on any atom is 0.254 e. The third kappa shape index (κ3) is 4.18. The molecule has 2 aliphatic rings. The number of rotatable bonds is 4. The highest BCUT2D eigenvalue weighted by molar-refractivity contribution is 5.94. The summed E-state index contributed by atoms with van der Waals surface area (Å²) in [5.41, 5.74) is 0.0511. The smallest absolute Gasteiger partial charge is 0.254 e. The Morgan fingerprint density at radius 3 is 2.63 bits per heavy atom. The monoisotopic (exact) mass is 419 g/mol. The van der Waals surface area contributed by atoms with Gasteiger partial charge in [-0.05, 0) is 38.0 Å². The van der Waals surface area contributed by atoms with Crippen molar-refractivity contribution >= 4 is 11.8 Å². The van der Waals surface area contributed by atoms with E-state index in [1.54, 1.807) is 6.92 Å². The zero-order chi connectivity index (χ0) is 21.3. The molecule has 10 heteroatoms. The molecule has 2 saturated heterocycles. The van der Waals surface area contributed by atoms with Gasteiger partial charge in [0, 0.05) is 37.8 Å². The van der Waals surface area contributed by atoms with Crippen molar-refractivity contribution < 1.29 is 23.1 Å². The minimum atomic E-state index is -1.08. The lowest BCUT2D eigenvalue weighted by Crippen LogP contribution is -2.44. The lowest BCUT2D eigenvalue weighted by Gasteiger charge is -2.24. The fourth-order valence-corrected chi connectivity index (χ4v) is 3.98. The van der Waals surface area contributed by atoms with E-state index < -0.39 is 17.5 Å². The van der Waals surface area contributed by atoms with Gasteiger partial charge in [0.25, 0.3) is 5.91 Å². The highest BCUT2D eigenvalue weighted by Gasteiger charge is 2.40. The molecule has 0 radical (unpaired) electrons. The lowest BCUT2D eigenvalue weighted by molar-refractivity contribution is -0.128. The van der Waals surface area contributed by atoms with E-state index in [4.69, 9.17) is 4.74 Å². The molecule has 0 aliphatic carbocycles. The molecule has 2 atom stereocenters. The summed E-state index contributed by atoms with van der Waals surface area (Å²) in [6.07, 6.45) is 1.31. The van der Waals surface area contributed by atoms with Crippen LogP contribution in [-0.4, -0.2) is 64.2 Å². The fourth-order valence-electron chi connectivity index (χ4n) is 3.98. The predicted molar refractivity (Wildman–Crippen MR) is 102 cm³/mol. The van der Waals surface area contributed by atoms with Gasteiger partial charge in [0.15, 0.2) is 17.5 Å². The van der Waals surface area contributed by atoms with Crippen LogP contribution in [0.4, 0.5) is 8.78 Å². The zero-order valence-corrected chi connectivity index (χ0v) is 16.5. The van der Waals surface area contributed by atoms with E-state index in [1.165, 1.54) is 11.0 Å². The Bertz CT molecular complexity index is 944. The van der Waals surface area contributed by atoms with Gasteiger partial charge >= 0.3 is 0 Å². The summed E-state index contributed by atoms with van der Waals surface area (Å²) >= 11 is 0. The van der Waals surface area contributed by atoms with Gasteiger partial charge in [-0.3, -0.25) is 14.7 Å². The number of aryl methyl sites for hydroxylation is 1. The van der Waals surface area contributed by atoms with Crippen molar-refractivity contribution in [2.45, 2.75) is 31.7 Å². The molecule has 0 unspecified atom stereocenters. The quantitative estimate of drug-likeness (QED) is 0.783. The number of ether oxygens (including phenoxy) is 1. The molecule has 1 aromatic carbocycles. The minimum absolute atomic E-state index is 0.0511. The van der Waals surface area contributed by atoms with Crippen molar-refractivity contribution in [1.29, 1.82) is 0 Å². The number of likely N-dealkylation sites (tertiary alicyclic amines) is 1. The second-order valence-corrected chi connectivity index (χ2v) is 7.73. The van der Waals surface area contributed by atoms with Crippen LogP contribution in [0.3, 0.4) is 0 Å². The predicted octanol–water partition coefficient (Wildman–Crippen LogP) is 1.54. The van der Waals surface area contributed by atoms with Gasteiger partial charge in [0.05, 0.1) is 12.0 Å². The van der Waals surface area contributed by atoms with Crippen molar-refractivity contribution in [2.75, 3.05) is 26.3 Å². The molecule has 2 aromatic rings. The van der Waals surface area contributed by atoms with Crippen LogP contribution in [0.15, 0.2) is 18.2 Å². The van der Waals surface area contributed by atoms with Crippen molar-refractivity contribution in [3.8, 4) is 0 Å². The van der Waals surface area contributed by atoms with Crippen molar-refractivity contribution in [2.24, 2.45) is 5.92 Å². The summed E-state index contributed by atoms with van der Waals surface area (Å²) < 4.78 is 32.1. The minimum Gasteiger partial charge on any atom is -0.381 e. The number of nitrogens with zero attached hydrogens (tertiary/aromatic N) is 3. The number of H-pyrrole nitrogens is 1. The summed E-state index contributed by atoms with van der Waals surface area (Å²) in [4.78, 5) is 31.5. The Labute approximate surface area is 172 Å². The Morgan fingerprint density at radius 2 is 1.97 bits per heavy atom. The number of amides is 2. The number of aromatic nitrogens is 3. The molecule has 2 fully saturated rings. The number of hydrogen-bond donors (Lipinski definition) is 2. The molecule has 3 heterocycles. The van der Waals surface area contributed by atoms with E-state index in [1.807, 2.05) is 0 Å². The molecule has 160 valence electrons. The first-order valence-corrected chi connectivity index (χ1v) is 9.93. The maximum absolute atomic E-state index is 13.6. The maximum atomic E-state index is 13.6. The Balaban J connectivity index is 1.53. The molecule has 2 amide bonds. The van der Waals surface area contributed by atoms with Crippen LogP contribution in [0.25, 0.3) is 0 Å². The second-order valence-electron chi connectivity index (χ2n) is 7.73. The molecule has 30 heavy (non-hydrogen) atoms. The first-order chi connectivity index (χ1) is 14.4. The Hall–Kier alpha value is -2.88. The van der Waals surface area contributed by atoms with Crippen molar-refractivity contribution in [1.82, 2.24) is 25.4 Å². The summed E-state index contributed by atoms with van der Waals surface area (Å²) in [7, 11) is 0. The third-order valence-electron chi connectivity index (χ3n) is 5.64. The summed E-state index contributed by atoms with van der Waals surface area (Å²) in [6.45, 7) is 3.35. The molecule has 0 saturated carbocycles. The van der Waals surface area contributed by atoms with Crippen LogP contribution in [0.5, 0.6) is 0 Å². The number of carbonyl (C=O) groups excluding carboxylic acids is 2. The van der Waals surface area contributed by atoms with Gasteiger partial charge in [-0.25, -0.2) is 13.8 Å². The van der Waals surface area contributed by atoms with Gasteiger partial charge in [-0.1, -0.05) is 0 Å². The van der Waals surface area contributed by atoms with Crippen molar-refractivity contribution in [3.05, 3.63) is 47.0 Å². The van der Waals surface area contributed by atoms with Crippen LogP contribution in [0, 0.1) is 24.5 Å². The van der Waals surface area contributed by atoms with Gasteiger partial charge in [-0.15, -0.1) is 0 Å². The summed E-state index contributed by atoms with van der Waals surface area (Å²) in [6, 6.07) is 2.68.